The highest BCUT2D eigenvalue weighted by molar-refractivity contribution is 6.08. The van der Waals surface area contributed by atoms with Gasteiger partial charge in [0.25, 0.3) is 5.91 Å². The van der Waals surface area contributed by atoms with Crippen molar-refractivity contribution in [3.05, 3.63) is 203 Å². The summed E-state index contributed by atoms with van der Waals surface area (Å²) in [6.45, 7) is 12.4. The zero-order valence-corrected chi connectivity index (χ0v) is 56.0. The Balaban J connectivity index is 1.27. The average molecular weight is 1320 g/mol. The molecule has 7 rings (SSSR count). The Labute approximate surface area is 561 Å². The maximum Gasteiger partial charge on any atom is 0.407 e. The van der Waals surface area contributed by atoms with Crippen LogP contribution in [0.5, 0.6) is 0 Å². The summed E-state index contributed by atoms with van der Waals surface area (Å²) >= 11 is 0. The molecule has 22 heteroatoms. The number of primary amides is 1. The molecule has 0 aliphatic heterocycles. The number of hydrogen-bond donors (Lipinski definition) is 7. The molecule has 0 saturated heterocycles. The number of rotatable bonds is 31. The van der Waals surface area contributed by atoms with Gasteiger partial charge >= 0.3 is 18.2 Å². The van der Waals surface area contributed by atoms with Crippen molar-refractivity contribution in [3.8, 4) is 11.1 Å². The van der Waals surface area contributed by atoms with Crippen molar-refractivity contribution in [2.75, 3.05) is 26.3 Å². The molecular formula is C74H90N8O14. The Kier molecular flexibility index (Phi) is 25.9. The van der Waals surface area contributed by atoms with Crippen LogP contribution < -0.4 is 32.7 Å². The Morgan fingerprint density at radius 2 is 1.12 bits per heavy atom. The average Bonchev–Trinajstić information content (AvgIpc) is 0.988. The molecular weight excluding hydrogens is 1220 g/mol. The van der Waals surface area contributed by atoms with E-state index in [4.69, 9.17) is 30.4 Å². The van der Waals surface area contributed by atoms with Crippen molar-refractivity contribution in [2.24, 2.45) is 17.4 Å². The second-order valence-corrected chi connectivity index (χ2v) is 25.8. The Morgan fingerprint density at radius 1 is 0.615 bits per heavy atom. The number of nitrogens with two attached hydrogens (primary N) is 2. The van der Waals surface area contributed by atoms with Crippen LogP contribution in [0.15, 0.2) is 170 Å². The molecule has 0 bridgehead atoms. The van der Waals surface area contributed by atoms with Gasteiger partial charge in [-0.2, -0.15) is 0 Å². The van der Waals surface area contributed by atoms with E-state index < -0.39 is 132 Å². The number of carboxylic acids is 1. The first-order valence-corrected chi connectivity index (χ1v) is 32.2. The molecule has 96 heavy (non-hydrogen) atoms. The molecule has 1 aliphatic carbocycles. The van der Waals surface area contributed by atoms with Crippen LogP contribution in [0.2, 0.25) is 0 Å². The lowest BCUT2D eigenvalue weighted by Gasteiger charge is -2.41. The predicted molar refractivity (Wildman–Crippen MR) is 361 cm³/mol. The number of aliphatic carboxylic acids is 1. The predicted octanol–water partition coefficient (Wildman–Crippen LogP) is 8.47. The van der Waals surface area contributed by atoms with Gasteiger partial charge in [0.2, 0.25) is 29.5 Å². The molecule has 0 fully saturated rings. The van der Waals surface area contributed by atoms with Crippen molar-refractivity contribution in [1.82, 2.24) is 31.1 Å². The standard InChI is InChI=1S/C74H90N8O14/c1-10-47(2)64(79-65(85)58(40-27-41-77-70(91)93-44-49-28-15-11-16-29-49)78-71(92)94-45-57-55-38-25-23-36-53(55)54-37-24-26-39-56(54)57)68(88)81(67(87)63(76)48(3)96-73(7,8)9)43-62(84)82(60(69(89)90)46-95-72(4,5)6)66(86)59(42-61(75)83)80-74(50-30-17-12-18-31-50,51-32-19-13-20-33-51)52-34-21-14-22-35-52/h11-26,28-39,47-48,57-60,63-64,80H,10,27,40-46,76H2,1-9H3,(H2,75,83)(H,77,91)(H,78,92)(H,79,85)(H,89,90)/t47-,48-,58+,59-,60-,63-,64-/m0/s1. The highest BCUT2D eigenvalue weighted by Gasteiger charge is 2.47. The third-order valence-electron chi connectivity index (χ3n) is 16.5. The monoisotopic (exact) mass is 1310 g/mol. The van der Waals surface area contributed by atoms with E-state index >= 15 is 24.0 Å². The van der Waals surface area contributed by atoms with Crippen LogP contribution in [-0.4, -0.2) is 142 Å². The molecule has 0 radical (unpaired) electrons. The first-order chi connectivity index (χ1) is 45.6. The van der Waals surface area contributed by atoms with Crippen LogP contribution >= 0.6 is 0 Å². The zero-order valence-electron chi connectivity index (χ0n) is 56.0. The normalized spacial score (nSPS) is 14.4. The zero-order chi connectivity index (χ0) is 69.9. The van der Waals surface area contributed by atoms with E-state index in [-0.39, 0.29) is 44.9 Å². The number of fused-ring (bicyclic) bond motifs is 3. The summed E-state index contributed by atoms with van der Waals surface area (Å²) < 4.78 is 23.4. The van der Waals surface area contributed by atoms with Gasteiger partial charge in [0, 0.05) is 12.5 Å². The van der Waals surface area contributed by atoms with Crippen LogP contribution in [-0.2, 0) is 64.7 Å². The summed E-state index contributed by atoms with van der Waals surface area (Å²) in [6, 6.07) is 42.2. The number of nitrogens with one attached hydrogen (secondary N) is 4. The van der Waals surface area contributed by atoms with Gasteiger partial charge in [-0.15, -0.1) is 0 Å². The smallest absolute Gasteiger partial charge is 0.407 e. The van der Waals surface area contributed by atoms with Crippen LogP contribution in [0.25, 0.3) is 11.1 Å². The van der Waals surface area contributed by atoms with Gasteiger partial charge in [0.05, 0.1) is 41.9 Å². The largest absolute Gasteiger partial charge is 0.480 e. The lowest BCUT2D eigenvalue weighted by Crippen LogP contribution is -2.64. The molecule has 0 aromatic heterocycles. The van der Waals surface area contributed by atoms with E-state index in [9.17, 15) is 24.3 Å². The van der Waals surface area contributed by atoms with Crippen LogP contribution in [0, 0.1) is 5.92 Å². The van der Waals surface area contributed by atoms with Gasteiger partial charge < -0.3 is 51.5 Å². The van der Waals surface area contributed by atoms with Crippen molar-refractivity contribution in [3.63, 3.8) is 0 Å². The number of carbonyl (C=O) groups is 9. The van der Waals surface area contributed by atoms with Crippen molar-refractivity contribution < 1.29 is 67.2 Å². The minimum Gasteiger partial charge on any atom is -0.480 e. The molecule has 8 amide bonds. The second-order valence-electron chi connectivity index (χ2n) is 25.8. The second kappa shape index (κ2) is 33.7. The highest BCUT2D eigenvalue weighted by atomic mass is 16.6. The SMILES string of the molecule is CC[C@H](C)[C@H](NC(=O)[C@@H](CCCNC(=O)OCc1ccccc1)NC(=O)OCC1c2ccccc2-c2ccccc21)C(=O)N(CC(=O)N(C(=O)[C@H](CC(N)=O)NC(c1ccccc1)(c1ccccc1)c1ccccc1)[C@@H](COC(C)(C)C)C(=O)O)C(=O)[C@@H](N)[C@H](C)OC(C)(C)C. The molecule has 6 aromatic carbocycles. The number of ether oxygens (including phenoxy) is 4. The van der Waals surface area contributed by atoms with E-state index in [1.807, 2.05) is 54.6 Å². The number of carbonyl (C=O) groups excluding carboxylic acids is 8. The summed E-state index contributed by atoms with van der Waals surface area (Å²) in [5.74, 6) is -10.1. The number of amides is 8. The van der Waals surface area contributed by atoms with Crippen LogP contribution in [0.3, 0.4) is 0 Å². The Bertz CT molecular complexity index is 3500. The summed E-state index contributed by atoms with van der Waals surface area (Å²) in [4.78, 5) is 133. The molecule has 22 nitrogen and oxygen atoms in total. The maximum atomic E-state index is 16.0. The molecule has 0 saturated carbocycles. The molecule has 1 aliphatic rings. The van der Waals surface area contributed by atoms with E-state index in [1.54, 1.807) is 171 Å². The van der Waals surface area contributed by atoms with Crippen LogP contribution in [0.1, 0.15) is 127 Å². The fourth-order valence-corrected chi connectivity index (χ4v) is 11.6. The van der Waals surface area contributed by atoms with E-state index in [0.717, 1.165) is 27.8 Å². The summed E-state index contributed by atoms with van der Waals surface area (Å²) in [5.41, 5.74) is 15.4. The Hall–Kier alpha value is -9.61. The fourth-order valence-electron chi connectivity index (χ4n) is 11.6. The first kappa shape index (κ1) is 73.8. The summed E-state index contributed by atoms with van der Waals surface area (Å²) in [7, 11) is 0. The van der Waals surface area contributed by atoms with Gasteiger partial charge in [-0.1, -0.05) is 190 Å². The van der Waals surface area contributed by atoms with E-state index in [2.05, 4.69) is 21.3 Å². The lowest BCUT2D eigenvalue weighted by atomic mass is 9.76. The number of carboxylic acid groups (broad SMARTS) is 1. The minimum atomic E-state index is -2.19. The van der Waals surface area contributed by atoms with E-state index in [0.29, 0.717) is 26.5 Å². The molecule has 0 unspecified atom stereocenters. The maximum absolute atomic E-state index is 16.0. The fraction of sp³-hybridized carbons (Fsp3) is 0.392. The number of nitrogens with zero attached hydrogens (tertiary/aromatic N) is 2. The van der Waals surface area contributed by atoms with Gasteiger partial charge in [-0.25, -0.2) is 14.4 Å². The number of hydrogen-bond acceptors (Lipinski definition) is 15. The van der Waals surface area contributed by atoms with Gasteiger partial charge in [0.15, 0.2) is 6.04 Å². The Morgan fingerprint density at radius 3 is 1.61 bits per heavy atom. The van der Waals surface area contributed by atoms with Crippen LogP contribution in [0.4, 0.5) is 9.59 Å². The minimum absolute atomic E-state index is 0.0172. The van der Waals surface area contributed by atoms with E-state index in [1.165, 1.54) is 6.92 Å². The molecule has 0 spiro atoms. The van der Waals surface area contributed by atoms with Gasteiger partial charge in [-0.3, -0.25) is 43.9 Å². The highest BCUT2D eigenvalue weighted by Crippen LogP contribution is 2.45. The topological polar surface area (TPSA) is 317 Å². The molecule has 7 atom stereocenters. The number of benzene rings is 6. The molecule has 6 aromatic rings. The molecule has 9 N–H and O–H groups in total. The van der Waals surface area contributed by atoms with Gasteiger partial charge in [0.1, 0.15) is 37.9 Å². The lowest BCUT2D eigenvalue weighted by molar-refractivity contribution is -0.167. The third kappa shape index (κ3) is 19.5. The van der Waals surface area contributed by atoms with Crippen molar-refractivity contribution >= 4 is 53.6 Å². The quantitative estimate of drug-likeness (QED) is 0.0158. The van der Waals surface area contributed by atoms with Crippen molar-refractivity contribution in [2.45, 2.75) is 154 Å². The number of alkyl carbamates (subject to hydrolysis) is 2. The first-order valence-electron chi connectivity index (χ1n) is 32.2. The number of imide groups is 2. The summed E-state index contributed by atoms with van der Waals surface area (Å²) in [5, 5.41) is 22.6. The molecule has 0 heterocycles. The third-order valence-corrected chi connectivity index (χ3v) is 16.5. The summed E-state index contributed by atoms with van der Waals surface area (Å²) in [6.07, 6.45) is -3.66. The van der Waals surface area contributed by atoms with Gasteiger partial charge in [-0.05, 0) is 112 Å². The molecule has 510 valence electrons. The van der Waals surface area contributed by atoms with Crippen molar-refractivity contribution in [1.29, 1.82) is 0 Å².